The number of rotatable bonds is 8. The molecule has 170 valence electrons. The van der Waals surface area contributed by atoms with Crippen molar-refractivity contribution < 1.29 is 66.2 Å². The number of methoxy groups -OCH3 is 1. The van der Waals surface area contributed by atoms with Gasteiger partial charge in [-0.1, -0.05) is 6.92 Å². The van der Waals surface area contributed by atoms with Crippen molar-refractivity contribution in [3.05, 3.63) is 0 Å². The minimum Gasteiger partial charge on any atom is -0.726 e. The van der Waals surface area contributed by atoms with Gasteiger partial charge in [0.1, 0.15) is 30.5 Å². The zero-order valence-corrected chi connectivity index (χ0v) is 16.2. The van der Waals surface area contributed by atoms with Crippen LogP contribution < -0.4 is 5.26 Å². The van der Waals surface area contributed by atoms with Crippen LogP contribution in [0.4, 0.5) is 0 Å². The molecule has 3 heterocycles. The molecule has 0 radical (unpaired) electrons. The molecule has 10 atom stereocenters. The van der Waals surface area contributed by atoms with Crippen LogP contribution in [0, 0.1) is 5.92 Å². The van der Waals surface area contributed by atoms with Crippen LogP contribution in [0.5, 0.6) is 0 Å². The van der Waals surface area contributed by atoms with E-state index in [2.05, 4.69) is 14.1 Å². The van der Waals surface area contributed by atoms with Crippen molar-refractivity contribution in [1.82, 2.24) is 0 Å². The third kappa shape index (κ3) is 4.87. The van der Waals surface area contributed by atoms with Gasteiger partial charge in [-0.15, -0.1) is 0 Å². The van der Waals surface area contributed by atoms with E-state index in [4.69, 9.17) is 23.7 Å². The van der Waals surface area contributed by atoms with Crippen LogP contribution in [0.3, 0.4) is 0 Å². The fourth-order valence-electron chi connectivity index (χ4n) is 3.71. The van der Waals surface area contributed by atoms with E-state index in [0.29, 0.717) is 0 Å². The number of ether oxygens (including phenoxy) is 5. The molecule has 0 aromatic carbocycles. The molecule has 3 aliphatic heterocycles. The molecule has 3 fully saturated rings. The quantitative estimate of drug-likeness (QED) is 0.160. The summed E-state index contributed by atoms with van der Waals surface area (Å²) >= 11 is 0. The first-order valence-corrected chi connectivity index (χ1v) is 10.0. The van der Waals surface area contributed by atoms with Crippen molar-refractivity contribution in [3.8, 4) is 0 Å². The van der Waals surface area contributed by atoms with Crippen LogP contribution in [-0.2, 0) is 48.2 Å². The zero-order valence-electron chi connectivity index (χ0n) is 15.4. The summed E-state index contributed by atoms with van der Waals surface area (Å²) in [6.07, 6.45) is -10.3. The lowest BCUT2D eigenvalue weighted by Crippen LogP contribution is -2.61. The molecule has 3 rings (SSSR count). The summed E-state index contributed by atoms with van der Waals surface area (Å²) in [5.74, 6) is -0.747. The Kier molecular flexibility index (Phi) is 7.43. The van der Waals surface area contributed by atoms with E-state index in [9.17, 15) is 28.4 Å². The highest BCUT2D eigenvalue weighted by molar-refractivity contribution is 7.80. The second-order valence-corrected chi connectivity index (χ2v) is 7.86. The second-order valence-electron chi connectivity index (χ2n) is 6.85. The van der Waals surface area contributed by atoms with Crippen molar-refractivity contribution in [1.29, 1.82) is 0 Å². The van der Waals surface area contributed by atoms with Crippen molar-refractivity contribution in [2.24, 2.45) is 5.92 Å². The maximum absolute atomic E-state index is 11.1. The van der Waals surface area contributed by atoms with E-state index in [0.717, 1.165) is 0 Å². The van der Waals surface area contributed by atoms with Gasteiger partial charge >= 0.3 is 0 Å². The molecule has 0 saturated carbocycles. The number of hydrogen-bond donors (Lipinski definition) is 2. The molecule has 0 aromatic heterocycles. The summed E-state index contributed by atoms with van der Waals surface area (Å²) < 4.78 is 65.1. The molecule has 0 spiro atoms. The van der Waals surface area contributed by atoms with Crippen LogP contribution in [0.1, 0.15) is 6.92 Å². The number of aliphatic hydroxyl groups is 2. The predicted octanol–water partition coefficient (Wildman–Crippen LogP) is -3.71. The van der Waals surface area contributed by atoms with Crippen molar-refractivity contribution in [2.75, 3.05) is 20.3 Å². The lowest BCUT2D eigenvalue weighted by Gasteiger charge is -2.45. The van der Waals surface area contributed by atoms with E-state index in [1.165, 1.54) is 14.0 Å². The fourth-order valence-corrected chi connectivity index (χ4v) is 4.18. The third-order valence-electron chi connectivity index (χ3n) is 5.14. The lowest BCUT2D eigenvalue weighted by molar-refractivity contribution is -0.808. The van der Waals surface area contributed by atoms with Gasteiger partial charge in [0, 0.05) is 13.0 Å². The lowest BCUT2D eigenvalue weighted by atomic mass is 9.90. The predicted molar refractivity (Wildman–Crippen MR) is 81.7 cm³/mol. The van der Waals surface area contributed by atoms with E-state index in [-0.39, 0.29) is 6.61 Å². The van der Waals surface area contributed by atoms with Gasteiger partial charge in [0.15, 0.2) is 18.7 Å². The molecular weight excluding hydrogens is 424 g/mol. The van der Waals surface area contributed by atoms with Crippen LogP contribution in [0.2, 0.25) is 0 Å². The van der Waals surface area contributed by atoms with Gasteiger partial charge in [0.05, 0.1) is 19.3 Å². The summed E-state index contributed by atoms with van der Waals surface area (Å²) in [7, 11) is -3.90. The van der Waals surface area contributed by atoms with Gasteiger partial charge in [-0.05, 0) is 0 Å². The molecule has 4 unspecified atom stereocenters. The summed E-state index contributed by atoms with van der Waals surface area (Å²) in [6, 6.07) is 0. The number of hydrogen-bond acceptors (Lipinski definition) is 14. The van der Waals surface area contributed by atoms with Crippen molar-refractivity contribution >= 4 is 10.4 Å². The average molecular weight is 446 g/mol. The molecule has 2 bridgehead atoms. The van der Waals surface area contributed by atoms with Gasteiger partial charge < -0.3 is 43.7 Å². The first-order chi connectivity index (χ1) is 13.7. The standard InChI is InChI=1S/C14H24O14S/c1-5-8(16)6(3-15)23-14(9(5)26-28-17)25-10-7-4-22-11(10)12(13(21-2)24-7)27-29(18,19)20/h5-17H,3-4H2,1-2H3,(H,18,19,20)/p-2/t5-,6?,7?,8+,9?,10-,11?,12-,13-,14-/m0/s1. The molecule has 3 aliphatic rings. The van der Waals surface area contributed by atoms with Crippen LogP contribution in [0.15, 0.2) is 0 Å². The summed E-state index contributed by atoms with van der Waals surface area (Å²) in [4.78, 5) is 4.62. The molecular formula is C14H22O14S-2. The summed E-state index contributed by atoms with van der Waals surface area (Å²) in [5.41, 5.74) is 0. The van der Waals surface area contributed by atoms with Crippen molar-refractivity contribution in [2.45, 2.75) is 62.2 Å². The monoisotopic (exact) mass is 446 g/mol. The van der Waals surface area contributed by atoms with Gasteiger partial charge in [0.25, 0.3) is 0 Å². The number of fused-ring (bicyclic) bond motifs is 2. The molecule has 2 N–H and O–H groups in total. The van der Waals surface area contributed by atoms with Gasteiger partial charge in [-0.2, -0.15) is 0 Å². The topological polar surface area (TPSA) is 195 Å². The third-order valence-corrected chi connectivity index (χ3v) is 5.60. The largest absolute Gasteiger partial charge is 0.726 e. The Morgan fingerprint density at radius 2 is 1.90 bits per heavy atom. The smallest absolute Gasteiger partial charge is 0.218 e. The maximum atomic E-state index is 11.1. The summed E-state index contributed by atoms with van der Waals surface area (Å²) in [6.45, 7) is 0.938. The highest BCUT2D eigenvalue weighted by atomic mass is 32.3. The van der Waals surface area contributed by atoms with Gasteiger partial charge in [0.2, 0.25) is 10.4 Å². The normalized spacial score (nSPS) is 45.4. The summed E-state index contributed by atoms with van der Waals surface area (Å²) in [5, 5.41) is 33.5. The molecule has 14 nitrogen and oxygen atoms in total. The highest BCUT2D eigenvalue weighted by Gasteiger charge is 2.56. The first kappa shape index (κ1) is 23.1. The Morgan fingerprint density at radius 1 is 1.17 bits per heavy atom. The Morgan fingerprint density at radius 3 is 2.48 bits per heavy atom. The molecule has 29 heavy (non-hydrogen) atoms. The van der Waals surface area contributed by atoms with E-state index in [1.54, 1.807) is 0 Å². The molecule has 0 aromatic rings. The fraction of sp³-hybridized carbons (Fsp3) is 1.00. The zero-order chi connectivity index (χ0) is 21.3. The molecule has 0 amide bonds. The molecule has 3 saturated heterocycles. The highest BCUT2D eigenvalue weighted by Crippen LogP contribution is 2.37. The average Bonchev–Trinajstić information content (AvgIpc) is 2.95. The SMILES string of the molecule is CO[C@H]1OC2COC([C@H]2O[C@@H]2OC(CO)[C@H](O)[C@H](C)C2OO[O-])[C@@H]1OS(=O)(=O)[O-]. The Balaban J connectivity index is 1.80. The minimum absolute atomic E-state index is 0.0358. The van der Waals surface area contributed by atoms with E-state index >= 15 is 0 Å². The Labute approximate surface area is 165 Å². The molecule has 15 heteroatoms. The van der Waals surface area contributed by atoms with Crippen LogP contribution in [-0.4, -0.2) is 98.8 Å². The number of aliphatic hydroxyl groups excluding tert-OH is 2. The van der Waals surface area contributed by atoms with Crippen LogP contribution in [0.25, 0.3) is 0 Å². The van der Waals surface area contributed by atoms with Crippen molar-refractivity contribution in [3.63, 3.8) is 0 Å². The molecule has 0 aliphatic carbocycles. The first-order valence-electron chi connectivity index (χ1n) is 8.69. The van der Waals surface area contributed by atoms with E-state index in [1.807, 2.05) is 0 Å². The Hall–Kier alpha value is -0.530. The van der Waals surface area contributed by atoms with Gasteiger partial charge in [-0.3, -0.25) is 9.22 Å². The second kappa shape index (κ2) is 9.31. The Bertz CT molecular complexity index is 644. The minimum atomic E-state index is -5.12. The van der Waals surface area contributed by atoms with Crippen LogP contribution >= 0.6 is 0 Å². The van der Waals surface area contributed by atoms with Gasteiger partial charge in [-0.25, -0.2) is 13.3 Å². The maximum Gasteiger partial charge on any atom is 0.218 e. The van der Waals surface area contributed by atoms with E-state index < -0.39 is 78.2 Å².